The Morgan fingerprint density at radius 1 is 1.59 bits per heavy atom. The predicted molar refractivity (Wildman–Crippen MR) is 67.7 cm³/mol. The molecule has 0 aromatic rings. The molecule has 17 heavy (non-hydrogen) atoms. The van der Waals surface area contributed by atoms with Gasteiger partial charge in [0.25, 0.3) is 0 Å². The molecule has 1 saturated heterocycles. The van der Waals surface area contributed by atoms with Crippen molar-refractivity contribution in [2.75, 3.05) is 12.3 Å². The topological polar surface area (TPSA) is 57.6 Å². The molecule has 0 aromatic carbocycles. The maximum Gasteiger partial charge on any atom is 0.326 e. The molecule has 1 amide bonds. The molecule has 4 nitrogen and oxygen atoms in total. The van der Waals surface area contributed by atoms with Gasteiger partial charge in [-0.05, 0) is 18.6 Å². The zero-order valence-corrected chi connectivity index (χ0v) is 10.7. The van der Waals surface area contributed by atoms with E-state index >= 15 is 0 Å². The number of carboxylic acids is 1. The van der Waals surface area contributed by atoms with E-state index in [9.17, 15) is 9.59 Å². The molecule has 1 heterocycles. The van der Waals surface area contributed by atoms with Crippen LogP contribution < -0.4 is 0 Å². The van der Waals surface area contributed by atoms with Crippen LogP contribution in [-0.4, -0.2) is 45.5 Å². The quantitative estimate of drug-likeness (QED) is 0.592. The van der Waals surface area contributed by atoms with E-state index in [2.05, 4.69) is 5.92 Å². The van der Waals surface area contributed by atoms with E-state index in [1.54, 1.807) is 11.8 Å². The summed E-state index contributed by atoms with van der Waals surface area (Å²) in [6.45, 7) is 1.95. The van der Waals surface area contributed by atoms with E-state index in [4.69, 9.17) is 11.5 Å². The number of terminal acetylenes is 1. The highest BCUT2D eigenvalue weighted by Gasteiger charge is 2.38. The lowest BCUT2D eigenvalue weighted by molar-refractivity contribution is -0.147. The first-order valence-corrected chi connectivity index (χ1v) is 6.66. The highest BCUT2D eigenvalue weighted by molar-refractivity contribution is 7.99. The van der Waals surface area contributed by atoms with Gasteiger partial charge in [0.1, 0.15) is 6.04 Å². The molecule has 0 aromatic heterocycles. The molecule has 94 valence electrons. The minimum absolute atomic E-state index is 0.163. The first-order valence-electron chi connectivity index (χ1n) is 5.61. The molecule has 1 aliphatic rings. The Hall–Kier alpha value is -1.15. The zero-order chi connectivity index (χ0) is 12.8. The average molecular weight is 255 g/mol. The van der Waals surface area contributed by atoms with E-state index in [-0.39, 0.29) is 11.2 Å². The van der Waals surface area contributed by atoms with Gasteiger partial charge in [-0.2, -0.15) is 11.8 Å². The normalized spacial score (nSPS) is 23.4. The predicted octanol–water partition coefficient (Wildman–Crippen LogP) is 1.21. The second-order valence-electron chi connectivity index (χ2n) is 4.06. The van der Waals surface area contributed by atoms with Gasteiger partial charge in [0.2, 0.25) is 5.91 Å². The van der Waals surface area contributed by atoms with Crippen LogP contribution in [0.25, 0.3) is 0 Å². The van der Waals surface area contributed by atoms with E-state index < -0.39 is 12.0 Å². The van der Waals surface area contributed by atoms with Crippen molar-refractivity contribution >= 4 is 23.6 Å². The molecule has 0 radical (unpaired) electrons. The minimum atomic E-state index is -0.910. The standard InChI is InChI=1S/C12H17NO3S/c1-3-4-5-6-17-10-7-11(12(15)16)13(8-10)9(2)14/h1,10-11H,4-8H2,2H3,(H,15,16)/t10?,11-/m0/s1. The minimum Gasteiger partial charge on any atom is -0.480 e. The Balaban J connectivity index is 2.43. The summed E-state index contributed by atoms with van der Waals surface area (Å²) in [7, 11) is 0. The van der Waals surface area contributed by atoms with E-state index in [0.717, 1.165) is 18.6 Å². The van der Waals surface area contributed by atoms with Crippen LogP contribution in [-0.2, 0) is 9.59 Å². The smallest absolute Gasteiger partial charge is 0.326 e. The third-order valence-corrected chi connectivity index (χ3v) is 4.11. The molecular weight excluding hydrogens is 238 g/mol. The molecule has 1 aliphatic heterocycles. The van der Waals surface area contributed by atoms with Gasteiger partial charge < -0.3 is 10.0 Å². The van der Waals surface area contributed by atoms with Gasteiger partial charge in [0.15, 0.2) is 0 Å². The van der Waals surface area contributed by atoms with Crippen molar-refractivity contribution in [2.45, 2.75) is 37.5 Å². The molecular formula is C12H17NO3S. The number of thioether (sulfide) groups is 1. The Labute approximate surface area is 106 Å². The van der Waals surface area contributed by atoms with Gasteiger partial charge in [-0.25, -0.2) is 4.79 Å². The number of unbranched alkanes of at least 4 members (excludes halogenated alkanes) is 1. The first kappa shape index (κ1) is 13.9. The number of hydrogen-bond donors (Lipinski definition) is 1. The number of carboxylic acid groups (broad SMARTS) is 1. The fourth-order valence-corrected chi connectivity index (χ4v) is 3.15. The summed E-state index contributed by atoms with van der Waals surface area (Å²) in [6.07, 6.45) is 7.38. The van der Waals surface area contributed by atoms with Crippen molar-refractivity contribution in [1.29, 1.82) is 0 Å². The molecule has 0 bridgehead atoms. The SMILES string of the molecule is C#CCCCSC1C[C@@H](C(=O)O)N(C(C)=O)C1. The summed E-state index contributed by atoms with van der Waals surface area (Å²) >= 11 is 1.71. The van der Waals surface area contributed by atoms with Crippen molar-refractivity contribution in [3.8, 4) is 12.3 Å². The number of likely N-dealkylation sites (tertiary alicyclic amines) is 1. The second kappa shape index (κ2) is 6.55. The third-order valence-electron chi connectivity index (χ3n) is 2.77. The molecule has 5 heteroatoms. The van der Waals surface area contributed by atoms with Crippen molar-refractivity contribution in [3.05, 3.63) is 0 Å². The third kappa shape index (κ3) is 3.97. The molecule has 2 atom stereocenters. The van der Waals surface area contributed by atoms with Crippen molar-refractivity contribution < 1.29 is 14.7 Å². The molecule has 1 rings (SSSR count). The van der Waals surface area contributed by atoms with Crippen LogP contribution in [0, 0.1) is 12.3 Å². The van der Waals surface area contributed by atoms with Crippen molar-refractivity contribution in [1.82, 2.24) is 4.90 Å². The van der Waals surface area contributed by atoms with Crippen LogP contribution in [0.5, 0.6) is 0 Å². The largest absolute Gasteiger partial charge is 0.480 e. The Kier molecular flexibility index (Phi) is 5.36. The number of hydrogen-bond acceptors (Lipinski definition) is 3. The maximum atomic E-state index is 11.3. The fourth-order valence-electron chi connectivity index (χ4n) is 1.92. The summed E-state index contributed by atoms with van der Waals surface area (Å²) in [6, 6.07) is -0.655. The van der Waals surface area contributed by atoms with Crippen LogP contribution in [0.1, 0.15) is 26.2 Å². The highest BCUT2D eigenvalue weighted by Crippen LogP contribution is 2.28. The molecule has 1 unspecified atom stereocenters. The maximum absolute atomic E-state index is 11.3. The van der Waals surface area contributed by atoms with Crippen LogP contribution in [0.3, 0.4) is 0 Å². The van der Waals surface area contributed by atoms with E-state index in [0.29, 0.717) is 13.0 Å². The average Bonchev–Trinajstić information content (AvgIpc) is 2.69. The Morgan fingerprint density at radius 2 is 2.29 bits per heavy atom. The lowest BCUT2D eigenvalue weighted by Crippen LogP contribution is -2.39. The van der Waals surface area contributed by atoms with Crippen molar-refractivity contribution in [2.24, 2.45) is 0 Å². The summed E-state index contributed by atoms with van der Waals surface area (Å²) in [5.41, 5.74) is 0. The van der Waals surface area contributed by atoms with Gasteiger partial charge in [-0.1, -0.05) is 0 Å². The second-order valence-corrected chi connectivity index (χ2v) is 5.47. The van der Waals surface area contributed by atoms with Crippen LogP contribution in [0.2, 0.25) is 0 Å². The molecule has 1 fully saturated rings. The van der Waals surface area contributed by atoms with Crippen LogP contribution in [0.15, 0.2) is 0 Å². The number of rotatable bonds is 5. The van der Waals surface area contributed by atoms with E-state index in [1.807, 2.05) is 0 Å². The van der Waals surface area contributed by atoms with Gasteiger partial charge in [0.05, 0.1) is 0 Å². The van der Waals surface area contributed by atoms with Crippen molar-refractivity contribution in [3.63, 3.8) is 0 Å². The summed E-state index contributed by atoms with van der Waals surface area (Å²) in [4.78, 5) is 23.8. The lowest BCUT2D eigenvalue weighted by Gasteiger charge is -2.18. The Morgan fingerprint density at radius 3 is 2.76 bits per heavy atom. The number of carbonyl (C=O) groups excluding carboxylic acids is 1. The van der Waals surface area contributed by atoms with Gasteiger partial charge >= 0.3 is 5.97 Å². The molecule has 0 saturated carbocycles. The number of carbonyl (C=O) groups is 2. The van der Waals surface area contributed by atoms with Gasteiger partial charge in [-0.15, -0.1) is 12.3 Å². The Bertz CT molecular complexity index is 315. The first-order chi connectivity index (χ1) is 8.06. The van der Waals surface area contributed by atoms with Crippen LogP contribution in [0.4, 0.5) is 0 Å². The van der Waals surface area contributed by atoms with Crippen LogP contribution >= 0.6 is 11.8 Å². The zero-order valence-electron chi connectivity index (χ0n) is 9.89. The van der Waals surface area contributed by atoms with Gasteiger partial charge in [0, 0.05) is 25.1 Å². The lowest BCUT2D eigenvalue weighted by atomic mass is 10.2. The number of nitrogens with zero attached hydrogens (tertiary/aromatic N) is 1. The van der Waals surface area contributed by atoms with E-state index in [1.165, 1.54) is 11.8 Å². The van der Waals surface area contributed by atoms with Gasteiger partial charge in [-0.3, -0.25) is 4.79 Å². The fraction of sp³-hybridized carbons (Fsp3) is 0.667. The molecule has 1 N–H and O–H groups in total. The summed E-state index contributed by atoms with van der Waals surface area (Å²) in [5, 5.41) is 9.25. The highest BCUT2D eigenvalue weighted by atomic mass is 32.2. The molecule has 0 aliphatic carbocycles. The number of amides is 1. The monoisotopic (exact) mass is 255 g/mol. The molecule has 0 spiro atoms. The summed E-state index contributed by atoms with van der Waals surface area (Å²) < 4.78 is 0. The number of aliphatic carboxylic acids is 1. The summed E-state index contributed by atoms with van der Waals surface area (Å²) in [5.74, 6) is 2.43.